The Hall–Kier alpha value is -0.570. The van der Waals surface area contributed by atoms with Crippen molar-refractivity contribution in [3.8, 4) is 0 Å². The van der Waals surface area contributed by atoms with Crippen LogP contribution in [0.15, 0.2) is 0 Å². The summed E-state index contributed by atoms with van der Waals surface area (Å²) in [4.78, 5) is 12.2. The first-order valence-electron chi connectivity index (χ1n) is 13.6. The Bertz CT molecular complexity index is 412. The third-order valence-corrected chi connectivity index (χ3v) is 7.26. The van der Waals surface area contributed by atoms with E-state index in [2.05, 4.69) is 20.9 Å². The lowest BCUT2D eigenvalue weighted by Gasteiger charge is -2.31. The summed E-state index contributed by atoms with van der Waals surface area (Å²) >= 11 is 0. The molecule has 1 aliphatic rings. The monoisotopic (exact) mass is 424 g/mol. The number of ether oxygens (including phenoxy) is 1. The van der Waals surface area contributed by atoms with Crippen LogP contribution in [0.25, 0.3) is 0 Å². The summed E-state index contributed by atoms with van der Waals surface area (Å²) in [5.74, 6) is 0.0438. The van der Waals surface area contributed by atoms with Crippen molar-refractivity contribution in [3.05, 3.63) is 0 Å². The Morgan fingerprint density at radius 3 is 1.73 bits per heavy atom. The molecule has 2 unspecified atom stereocenters. The fraction of sp³-hybridized carbons (Fsp3) is 0.963. The van der Waals surface area contributed by atoms with Crippen LogP contribution in [-0.4, -0.2) is 43.2 Å². The average molecular weight is 425 g/mol. The van der Waals surface area contributed by atoms with Gasteiger partial charge in [-0.1, -0.05) is 96.8 Å². The lowest BCUT2D eigenvalue weighted by atomic mass is 10.0. The zero-order chi connectivity index (χ0) is 21.9. The number of hydrogen-bond donors (Lipinski definition) is 0. The van der Waals surface area contributed by atoms with Crippen molar-refractivity contribution in [2.45, 2.75) is 142 Å². The first-order valence-corrected chi connectivity index (χ1v) is 13.6. The van der Waals surface area contributed by atoms with E-state index < -0.39 is 0 Å². The Morgan fingerprint density at radius 1 is 0.733 bits per heavy atom. The van der Waals surface area contributed by atoms with Crippen LogP contribution in [-0.2, 0) is 9.53 Å². The van der Waals surface area contributed by atoms with Crippen LogP contribution in [0.3, 0.4) is 0 Å². The number of carbonyl (C=O) groups excluding carboxylic acids is 1. The maximum absolute atomic E-state index is 12.2. The average Bonchev–Trinajstić information content (AvgIpc) is 2.93. The molecule has 1 saturated heterocycles. The molecular formula is C27H54NO2+. The van der Waals surface area contributed by atoms with Gasteiger partial charge in [0, 0.05) is 19.3 Å². The molecule has 0 spiro atoms. The van der Waals surface area contributed by atoms with E-state index in [4.69, 9.17) is 4.74 Å². The normalized spacial score (nSPS) is 22.0. The molecule has 1 heterocycles. The van der Waals surface area contributed by atoms with Crippen molar-refractivity contribution in [1.29, 1.82) is 0 Å². The molecule has 0 N–H and O–H groups in total. The molecule has 0 saturated carbocycles. The third-order valence-electron chi connectivity index (χ3n) is 7.26. The first-order chi connectivity index (χ1) is 14.6. The number of likely N-dealkylation sites (tertiary alicyclic amines) is 1. The van der Waals surface area contributed by atoms with Gasteiger partial charge >= 0.3 is 5.97 Å². The van der Waals surface area contributed by atoms with Gasteiger partial charge in [-0.05, 0) is 19.8 Å². The summed E-state index contributed by atoms with van der Waals surface area (Å²) in [5.41, 5.74) is 0. The van der Waals surface area contributed by atoms with E-state index >= 15 is 0 Å². The van der Waals surface area contributed by atoms with E-state index in [9.17, 15) is 4.79 Å². The molecule has 0 radical (unpaired) electrons. The molecular weight excluding hydrogens is 370 g/mol. The van der Waals surface area contributed by atoms with Crippen molar-refractivity contribution < 1.29 is 14.0 Å². The number of hydrogen-bond acceptors (Lipinski definition) is 2. The van der Waals surface area contributed by atoms with Gasteiger partial charge in [0.25, 0.3) is 0 Å². The predicted octanol–water partition coefficient (Wildman–Crippen LogP) is 7.81. The molecule has 1 rings (SSSR count). The summed E-state index contributed by atoms with van der Waals surface area (Å²) in [6.07, 6.45) is 24.4. The highest BCUT2D eigenvalue weighted by Gasteiger charge is 2.27. The Morgan fingerprint density at radius 2 is 1.23 bits per heavy atom. The molecule has 1 aliphatic heterocycles. The van der Waals surface area contributed by atoms with Crippen molar-refractivity contribution in [3.63, 3.8) is 0 Å². The van der Waals surface area contributed by atoms with Crippen molar-refractivity contribution in [2.75, 3.05) is 26.7 Å². The molecule has 0 aromatic heterocycles. The van der Waals surface area contributed by atoms with Crippen molar-refractivity contribution >= 4 is 5.97 Å². The molecule has 0 aliphatic carbocycles. The van der Waals surface area contributed by atoms with Crippen LogP contribution in [0.2, 0.25) is 0 Å². The van der Waals surface area contributed by atoms with Crippen LogP contribution in [0, 0.1) is 0 Å². The number of carbonyl (C=O) groups is 1. The van der Waals surface area contributed by atoms with Gasteiger partial charge in [0.15, 0.2) is 0 Å². The first kappa shape index (κ1) is 27.5. The van der Waals surface area contributed by atoms with Gasteiger partial charge in [0.05, 0.1) is 26.7 Å². The Balaban J connectivity index is 1.86. The molecule has 2 atom stereocenters. The smallest absolute Gasteiger partial charge is 0.306 e. The van der Waals surface area contributed by atoms with Crippen molar-refractivity contribution in [1.82, 2.24) is 0 Å². The highest BCUT2D eigenvalue weighted by molar-refractivity contribution is 5.69. The largest absolute Gasteiger partial charge is 0.462 e. The topological polar surface area (TPSA) is 26.3 Å². The third kappa shape index (κ3) is 14.4. The molecule has 0 aromatic rings. The van der Waals surface area contributed by atoms with Crippen LogP contribution in [0.4, 0.5) is 0 Å². The highest BCUT2D eigenvalue weighted by atomic mass is 16.5. The van der Waals surface area contributed by atoms with Crippen LogP contribution in [0.5, 0.6) is 0 Å². The SMILES string of the molecule is CCCCCCCCCCCCCCCCCC(=O)OC1CCC[N+](C)(CC)CC1. The van der Waals surface area contributed by atoms with E-state index in [1.165, 1.54) is 109 Å². The van der Waals surface area contributed by atoms with E-state index in [0.29, 0.717) is 6.42 Å². The maximum atomic E-state index is 12.2. The minimum absolute atomic E-state index is 0.0438. The zero-order valence-corrected chi connectivity index (χ0v) is 20.9. The van der Waals surface area contributed by atoms with Gasteiger partial charge in [-0.15, -0.1) is 0 Å². The quantitative estimate of drug-likeness (QED) is 0.127. The van der Waals surface area contributed by atoms with Gasteiger partial charge in [0.2, 0.25) is 0 Å². The zero-order valence-electron chi connectivity index (χ0n) is 20.9. The standard InChI is InChI=1S/C27H54NO2/c1-4-6-7-8-9-10-11-12-13-14-15-16-17-18-19-22-27(29)30-26-21-20-24-28(3,5-2)25-23-26/h26H,4-25H2,1-3H3/q+1. The summed E-state index contributed by atoms with van der Waals surface area (Å²) in [6, 6.07) is 0. The lowest BCUT2D eigenvalue weighted by Crippen LogP contribution is -2.44. The number of quaternary nitrogens is 1. The summed E-state index contributed by atoms with van der Waals surface area (Å²) in [7, 11) is 2.33. The van der Waals surface area contributed by atoms with Gasteiger partial charge in [0.1, 0.15) is 6.10 Å². The molecule has 0 amide bonds. The van der Waals surface area contributed by atoms with E-state index in [0.717, 1.165) is 30.3 Å². The van der Waals surface area contributed by atoms with E-state index in [1.807, 2.05) is 0 Å². The second-order valence-electron chi connectivity index (χ2n) is 10.1. The number of rotatable bonds is 18. The van der Waals surface area contributed by atoms with Gasteiger partial charge in [-0.2, -0.15) is 0 Å². The van der Waals surface area contributed by atoms with Gasteiger partial charge in [-0.25, -0.2) is 0 Å². The van der Waals surface area contributed by atoms with Crippen LogP contribution in [0.1, 0.15) is 136 Å². The van der Waals surface area contributed by atoms with E-state index in [1.54, 1.807) is 0 Å². The molecule has 3 nitrogen and oxygen atoms in total. The minimum Gasteiger partial charge on any atom is -0.462 e. The molecule has 30 heavy (non-hydrogen) atoms. The predicted molar refractivity (Wildman–Crippen MR) is 130 cm³/mol. The Labute approximate surface area is 188 Å². The maximum Gasteiger partial charge on any atom is 0.306 e. The van der Waals surface area contributed by atoms with Gasteiger partial charge in [-0.3, -0.25) is 4.79 Å². The number of unbranched alkanes of at least 4 members (excludes halogenated alkanes) is 14. The van der Waals surface area contributed by atoms with Crippen LogP contribution >= 0.6 is 0 Å². The van der Waals surface area contributed by atoms with Gasteiger partial charge < -0.3 is 9.22 Å². The molecule has 3 heteroatoms. The van der Waals surface area contributed by atoms with Crippen LogP contribution < -0.4 is 0 Å². The summed E-state index contributed by atoms with van der Waals surface area (Å²) in [6.45, 7) is 8.10. The highest BCUT2D eigenvalue weighted by Crippen LogP contribution is 2.20. The number of nitrogens with zero attached hydrogens (tertiary/aromatic N) is 1. The second kappa shape index (κ2) is 18.0. The molecule has 178 valence electrons. The summed E-state index contributed by atoms with van der Waals surface area (Å²) in [5, 5.41) is 0. The number of esters is 1. The van der Waals surface area contributed by atoms with E-state index in [-0.39, 0.29) is 12.1 Å². The fourth-order valence-corrected chi connectivity index (χ4v) is 4.73. The molecule has 0 aromatic carbocycles. The minimum atomic E-state index is 0.0438. The lowest BCUT2D eigenvalue weighted by molar-refractivity contribution is -0.907. The fourth-order valence-electron chi connectivity index (χ4n) is 4.73. The molecule has 0 bridgehead atoms. The second-order valence-corrected chi connectivity index (χ2v) is 10.1. The Kier molecular flexibility index (Phi) is 16.5. The molecule has 1 fully saturated rings. The summed E-state index contributed by atoms with van der Waals surface area (Å²) < 4.78 is 6.91. The van der Waals surface area contributed by atoms with Crippen molar-refractivity contribution in [2.24, 2.45) is 0 Å².